The number of hydrogen-bond acceptors (Lipinski definition) is 6. The fraction of sp³-hybridized carbons (Fsp3) is 0.500. The van der Waals surface area contributed by atoms with Gasteiger partial charge >= 0.3 is 5.63 Å². The number of morpholine rings is 1. The van der Waals surface area contributed by atoms with Crippen LogP contribution >= 0.6 is 0 Å². The van der Waals surface area contributed by atoms with Crippen LogP contribution in [0.1, 0.15) is 20.3 Å². The van der Waals surface area contributed by atoms with Crippen molar-refractivity contribution in [2.45, 2.75) is 37.4 Å². The van der Waals surface area contributed by atoms with Crippen LogP contribution in [0, 0.1) is 0 Å². The molecule has 1 aliphatic heterocycles. The summed E-state index contributed by atoms with van der Waals surface area (Å²) >= 11 is 0. The average molecular weight is 380 g/mol. The molecule has 3 rings (SSSR count). The molecule has 0 aliphatic carbocycles. The van der Waals surface area contributed by atoms with Crippen LogP contribution in [0.4, 0.5) is 0 Å². The molecule has 1 aliphatic rings. The van der Waals surface area contributed by atoms with Gasteiger partial charge in [-0.1, -0.05) is 0 Å². The Bertz CT molecular complexity index is 915. The Kier molecular flexibility index (Phi) is 5.76. The Morgan fingerprint density at radius 3 is 2.62 bits per heavy atom. The number of ether oxygens (including phenoxy) is 1. The summed E-state index contributed by atoms with van der Waals surface area (Å²) in [5, 5.41) is 0.573. The van der Waals surface area contributed by atoms with Gasteiger partial charge in [0.05, 0.1) is 17.1 Å². The smallest absolute Gasteiger partial charge is 0.336 e. The van der Waals surface area contributed by atoms with Crippen LogP contribution in [-0.4, -0.2) is 51.7 Å². The van der Waals surface area contributed by atoms with E-state index in [1.165, 1.54) is 24.3 Å². The number of rotatable bonds is 6. The fourth-order valence-electron chi connectivity index (χ4n) is 3.28. The van der Waals surface area contributed by atoms with Crippen LogP contribution in [0.5, 0.6) is 0 Å². The zero-order valence-corrected chi connectivity index (χ0v) is 15.8. The second-order valence-corrected chi connectivity index (χ2v) is 8.49. The summed E-state index contributed by atoms with van der Waals surface area (Å²) in [4.78, 5) is 13.7. The molecular weight excluding hydrogens is 356 g/mol. The summed E-state index contributed by atoms with van der Waals surface area (Å²) in [5.41, 5.74) is -0.0926. The van der Waals surface area contributed by atoms with E-state index >= 15 is 0 Å². The lowest BCUT2D eigenvalue weighted by Gasteiger charge is -2.35. The number of benzene rings is 1. The first-order valence-electron chi connectivity index (χ1n) is 8.75. The summed E-state index contributed by atoms with van der Waals surface area (Å²) in [6, 6.07) is 7.28. The van der Waals surface area contributed by atoms with Crippen LogP contribution in [0.3, 0.4) is 0 Å². The van der Waals surface area contributed by atoms with Gasteiger partial charge in [-0.25, -0.2) is 17.9 Å². The van der Waals surface area contributed by atoms with Crippen molar-refractivity contribution in [3.05, 3.63) is 40.8 Å². The van der Waals surface area contributed by atoms with Gasteiger partial charge in [-0.15, -0.1) is 0 Å². The van der Waals surface area contributed by atoms with Crippen LogP contribution in [0.15, 0.2) is 44.4 Å². The number of nitrogens with zero attached hydrogens (tertiary/aromatic N) is 1. The third-order valence-electron chi connectivity index (χ3n) is 4.34. The minimum Gasteiger partial charge on any atom is -0.423 e. The third-order valence-corrected chi connectivity index (χ3v) is 5.80. The van der Waals surface area contributed by atoms with Crippen molar-refractivity contribution in [2.24, 2.45) is 0 Å². The number of fused-ring (bicyclic) bond motifs is 1. The Morgan fingerprint density at radius 2 is 1.88 bits per heavy atom. The average Bonchev–Trinajstić information content (AvgIpc) is 2.57. The lowest BCUT2D eigenvalue weighted by Crippen LogP contribution is -2.46. The second kappa shape index (κ2) is 7.87. The summed E-state index contributed by atoms with van der Waals surface area (Å²) in [6.45, 7) is 7.02. The first kappa shape index (κ1) is 19.0. The topological polar surface area (TPSA) is 88.9 Å². The first-order valence-corrected chi connectivity index (χ1v) is 10.2. The molecule has 0 radical (unpaired) electrons. The summed E-state index contributed by atoms with van der Waals surface area (Å²) in [6.07, 6.45) is 1.13. The lowest BCUT2D eigenvalue weighted by atomic mass is 10.2. The second-order valence-electron chi connectivity index (χ2n) is 6.72. The van der Waals surface area contributed by atoms with E-state index in [0.29, 0.717) is 17.5 Å². The van der Waals surface area contributed by atoms with E-state index in [-0.39, 0.29) is 17.1 Å². The molecular formula is C18H24N2O5S. The maximum atomic E-state index is 12.5. The molecule has 2 heterocycles. The van der Waals surface area contributed by atoms with E-state index in [0.717, 1.165) is 26.1 Å². The highest BCUT2D eigenvalue weighted by molar-refractivity contribution is 7.89. The van der Waals surface area contributed by atoms with Gasteiger partial charge in [0.15, 0.2) is 0 Å². The fourth-order valence-corrected chi connectivity index (χ4v) is 4.39. The molecule has 1 N–H and O–H groups in total. The van der Waals surface area contributed by atoms with Gasteiger partial charge in [-0.05, 0) is 51.1 Å². The van der Waals surface area contributed by atoms with Gasteiger partial charge in [0.1, 0.15) is 5.58 Å². The van der Waals surface area contributed by atoms with Crippen molar-refractivity contribution in [2.75, 3.05) is 26.2 Å². The predicted octanol–water partition coefficient (Wildman–Crippen LogP) is 1.57. The number of hydrogen-bond donors (Lipinski definition) is 1. The largest absolute Gasteiger partial charge is 0.423 e. The Morgan fingerprint density at radius 1 is 1.15 bits per heavy atom. The molecule has 2 unspecified atom stereocenters. The van der Waals surface area contributed by atoms with E-state index in [2.05, 4.69) is 9.62 Å². The molecule has 8 heteroatoms. The minimum absolute atomic E-state index is 0.160. The Labute approximate surface area is 153 Å². The maximum absolute atomic E-state index is 12.5. The van der Waals surface area contributed by atoms with E-state index in [1.54, 1.807) is 6.07 Å². The standard InChI is InChI=1S/C18H24N2O5S/c1-13-11-20(12-14(2)24-13)9-3-8-19-26(22,23)16-5-6-17-15(10-16)4-7-18(21)25-17/h4-7,10,13-14,19H,3,8-9,11-12H2,1-2H3. The maximum Gasteiger partial charge on any atom is 0.336 e. The molecule has 1 aromatic heterocycles. The molecule has 1 saturated heterocycles. The van der Waals surface area contributed by atoms with E-state index in [1.807, 2.05) is 13.8 Å². The summed E-state index contributed by atoms with van der Waals surface area (Å²) < 4.78 is 38.3. The van der Waals surface area contributed by atoms with Crippen LogP contribution in [0.2, 0.25) is 0 Å². The van der Waals surface area contributed by atoms with E-state index in [4.69, 9.17) is 9.15 Å². The van der Waals surface area contributed by atoms with Crippen molar-refractivity contribution < 1.29 is 17.6 Å². The first-order chi connectivity index (χ1) is 12.3. The van der Waals surface area contributed by atoms with Gasteiger partial charge < -0.3 is 9.15 Å². The SMILES string of the molecule is CC1CN(CCCNS(=O)(=O)c2ccc3oc(=O)ccc3c2)CC(C)O1. The predicted molar refractivity (Wildman–Crippen MR) is 98.7 cm³/mol. The molecule has 2 atom stereocenters. The van der Waals surface area contributed by atoms with Crippen molar-refractivity contribution in [1.82, 2.24) is 9.62 Å². The van der Waals surface area contributed by atoms with Crippen molar-refractivity contribution in [3.8, 4) is 0 Å². The molecule has 0 amide bonds. The van der Waals surface area contributed by atoms with Gasteiger partial charge in [0.2, 0.25) is 10.0 Å². The monoisotopic (exact) mass is 380 g/mol. The Balaban J connectivity index is 1.57. The summed E-state index contributed by atoms with van der Waals surface area (Å²) in [7, 11) is -3.60. The molecule has 7 nitrogen and oxygen atoms in total. The normalized spacial score (nSPS) is 21.9. The Hall–Kier alpha value is -1.74. The van der Waals surface area contributed by atoms with Crippen molar-refractivity contribution >= 4 is 21.0 Å². The van der Waals surface area contributed by atoms with Gasteiger partial charge in [0, 0.05) is 31.1 Å². The molecule has 142 valence electrons. The summed E-state index contributed by atoms with van der Waals surface area (Å²) in [5.74, 6) is 0. The molecule has 0 saturated carbocycles. The number of sulfonamides is 1. The zero-order chi connectivity index (χ0) is 18.7. The molecule has 26 heavy (non-hydrogen) atoms. The van der Waals surface area contributed by atoms with Gasteiger partial charge in [0.25, 0.3) is 0 Å². The van der Waals surface area contributed by atoms with E-state index in [9.17, 15) is 13.2 Å². The van der Waals surface area contributed by atoms with Crippen LogP contribution < -0.4 is 10.3 Å². The van der Waals surface area contributed by atoms with E-state index < -0.39 is 15.6 Å². The minimum atomic E-state index is -3.60. The van der Waals surface area contributed by atoms with Gasteiger partial charge in [-0.3, -0.25) is 4.90 Å². The molecule has 0 bridgehead atoms. The van der Waals surface area contributed by atoms with Crippen molar-refractivity contribution in [3.63, 3.8) is 0 Å². The highest BCUT2D eigenvalue weighted by atomic mass is 32.2. The molecule has 2 aromatic rings. The third kappa shape index (κ3) is 4.70. The van der Waals surface area contributed by atoms with Gasteiger partial charge in [-0.2, -0.15) is 0 Å². The molecule has 1 aromatic carbocycles. The van der Waals surface area contributed by atoms with Crippen LogP contribution in [0.25, 0.3) is 11.0 Å². The quantitative estimate of drug-likeness (QED) is 0.604. The molecule has 0 spiro atoms. The van der Waals surface area contributed by atoms with Crippen LogP contribution in [-0.2, 0) is 14.8 Å². The highest BCUT2D eigenvalue weighted by Gasteiger charge is 2.22. The zero-order valence-electron chi connectivity index (χ0n) is 15.0. The number of nitrogens with one attached hydrogen (secondary N) is 1. The van der Waals surface area contributed by atoms with Crippen molar-refractivity contribution in [1.29, 1.82) is 0 Å². The highest BCUT2D eigenvalue weighted by Crippen LogP contribution is 2.17. The lowest BCUT2D eigenvalue weighted by molar-refractivity contribution is -0.0679. The molecule has 1 fully saturated rings.